The van der Waals surface area contributed by atoms with Crippen LogP contribution >= 0.6 is 0 Å². The number of rotatable bonds is 6. The molecule has 2 atom stereocenters. The van der Waals surface area contributed by atoms with E-state index in [0.717, 1.165) is 11.1 Å². The standard InChI is InChI=1S/C22H19F2NO2/c1-15(16-2-6-19(23)7-3-16)14-21(26)27-22(18-10-12-25-13-11-18)17-4-8-20(24)9-5-17/h2-13,15,22H,14H2,1H3/t15-,22-/m0/s1. The summed E-state index contributed by atoms with van der Waals surface area (Å²) in [6.45, 7) is 1.88. The van der Waals surface area contributed by atoms with Gasteiger partial charge in [-0.3, -0.25) is 9.78 Å². The summed E-state index contributed by atoms with van der Waals surface area (Å²) < 4.78 is 32.0. The molecule has 0 unspecified atom stereocenters. The van der Waals surface area contributed by atoms with E-state index in [0.29, 0.717) is 5.56 Å². The van der Waals surface area contributed by atoms with Crippen LogP contribution in [0.3, 0.4) is 0 Å². The number of aromatic nitrogens is 1. The Bertz CT molecular complexity index is 880. The Labute approximate surface area is 156 Å². The van der Waals surface area contributed by atoms with Gasteiger partial charge in [0.15, 0.2) is 6.10 Å². The van der Waals surface area contributed by atoms with Gasteiger partial charge >= 0.3 is 5.97 Å². The monoisotopic (exact) mass is 367 g/mol. The topological polar surface area (TPSA) is 39.2 Å². The average molecular weight is 367 g/mol. The molecule has 0 radical (unpaired) electrons. The molecule has 138 valence electrons. The zero-order valence-electron chi connectivity index (χ0n) is 14.8. The molecule has 0 saturated heterocycles. The van der Waals surface area contributed by atoms with Gasteiger partial charge in [-0.25, -0.2) is 8.78 Å². The molecule has 27 heavy (non-hydrogen) atoms. The molecule has 0 N–H and O–H groups in total. The molecule has 3 aromatic rings. The van der Waals surface area contributed by atoms with Crippen molar-refractivity contribution in [2.45, 2.75) is 25.4 Å². The SMILES string of the molecule is C[C@@H](CC(=O)O[C@H](c1ccncc1)c1ccc(F)cc1)c1ccc(F)cc1. The number of carbonyl (C=O) groups excluding carboxylic acids is 1. The van der Waals surface area contributed by atoms with E-state index >= 15 is 0 Å². The van der Waals surface area contributed by atoms with E-state index in [9.17, 15) is 13.6 Å². The Hall–Kier alpha value is -3.08. The van der Waals surface area contributed by atoms with Crippen LogP contribution in [0, 0.1) is 11.6 Å². The Morgan fingerprint density at radius 3 is 1.89 bits per heavy atom. The summed E-state index contributed by atoms with van der Waals surface area (Å²) in [5.74, 6) is -1.19. The third kappa shape index (κ3) is 4.97. The zero-order chi connectivity index (χ0) is 19.2. The minimum Gasteiger partial charge on any atom is -0.453 e. The lowest BCUT2D eigenvalue weighted by molar-refractivity contribution is -0.147. The van der Waals surface area contributed by atoms with Crippen molar-refractivity contribution in [2.75, 3.05) is 0 Å². The van der Waals surface area contributed by atoms with Gasteiger partial charge in [0.1, 0.15) is 11.6 Å². The molecule has 1 heterocycles. The smallest absolute Gasteiger partial charge is 0.307 e. The first-order valence-corrected chi connectivity index (χ1v) is 8.63. The largest absolute Gasteiger partial charge is 0.453 e. The fourth-order valence-corrected chi connectivity index (χ4v) is 2.84. The summed E-state index contributed by atoms with van der Waals surface area (Å²) in [5.41, 5.74) is 2.28. The van der Waals surface area contributed by atoms with Crippen molar-refractivity contribution in [1.29, 1.82) is 0 Å². The molecular weight excluding hydrogens is 348 g/mol. The second-order valence-electron chi connectivity index (χ2n) is 6.36. The minimum atomic E-state index is -0.651. The van der Waals surface area contributed by atoms with Gasteiger partial charge in [-0.2, -0.15) is 0 Å². The van der Waals surface area contributed by atoms with Gasteiger partial charge in [-0.05, 0) is 53.4 Å². The van der Waals surface area contributed by atoms with Crippen molar-refractivity contribution in [3.8, 4) is 0 Å². The number of pyridine rings is 1. The van der Waals surface area contributed by atoms with Crippen molar-refractivity contribution in [3.05, 3.63) is 101 Å². The van der Waals surface area contributed by atoms with E-state index in [-0.39, 0.29) is 24.0 Å². The van der Waals surface area contributed by atoms with Gasteiger partial charge in [-0.15, -0.1) is 0 Å². The minimum absolute atomic E-state index is 0.121. The molecule has 0 fully saturated rings. The second kappa shape index (κ2) is 8.54. The maximum atomic E-state index is 13.3. The summed E-state index contributed by atoms with van der Waals surface area (Å²) in [4.78, 5) is 16.5. The fourth-order valence-electron chi connectivity index (χ4n) is 2.84. The van der Waals surface area contributed by atoms with Crippen LogP contribution in [0.2, 0.25) is 0 Å². The summed E-state index contributed by atoms with van der Waals surface area (Å²) in [6, 6.07) is 15.4. The highest BCUT2D eigenvalue weighted by molar-refractivity contribution is 5.71. The molecule has 0 aliphatic rings. The second-order valence-corrected chi connectivity index (χ2v) is 6.36. The van der Waals surface area contributed by atoms with Crippen LogP contribution in [-0.2, 0) is 9.53 Å². The number of carbonyl (C=O) groups is 1. The molecule has 0 bridgehead atoms. The number of benzene rings is 2. The number of esters is 1. The van der Waals surface area contributed by atoms with Crippen molar-refractivity contribution in [3.63, 3.8) is 0 Å². The molecule has 2 aromatic carbocycles. The van der Waals surface area contributed by atoms with Crippen LogP contribution in [0.1, 0.15) is 42.1 Å². The molecule has 0 spiro atoms. The molecule has 0 aliphatic heterocycles. The summed E-state index contributed by atoms with van der Waals surface area (Å²) >= 11 is 0. The van der Waals surface area contributed by atoms with Crippen LogP contribution in [0.25, 0.3) is 0 Å². The summed E-state index contributed by atoms with van der Waals surface area (Å²) in [6.07, 6.45) is 2.72. The molecule has 0 amide bonds. The van der Waals surface area contributed by atoms with Gasteiger partial charge < -0.3 is 4.74 Å². The van der Waals surface area contributed by atoms with Crippen molar-refractivity contribution in [1.82, 2.24) is 4.98 Å². The molecule has 0 saturated carbocycles. The normalized spacial score (nSPS) is 13.0. The van der Waals surface area contributed by atoms with E-state index in [2.05, 4.69) is 4.98 Å². The van der Waals surface area contributed by atoms with Crippen LogP contribution in [0.4, 0.5) is 8.78 Å². The zero-order valence-corrected chi connectivity index (χ0v) is 14.8. The third-order valence-corrected chi connectivity index (χ3v) is 4.34. The van der Waals surface area contributed by atoms with E-state index in [1.165, 1.54) is 24.3 Å². The highest BCUT2D eigenvalue weighted by atomic mass is 19.1. The van der Waals surface area contributed by atoms with Gasteiger partial charge in [-0.1, -0.05) is 31.2 Å². The van der Waals surface area contributed by atoms with Crippen LogP contribution in [0.5, 0.6) is 0 Å². The number of halogens is 2. The number of ether oxygens (including phenoxy) is 1. The Balaban J connectivity index is 1.76. The maximum absolute atomic E-state index is 13.3. The summed E-state index contributed by atoms with van der Waals surface area (Å²) in [5, 5.41) is 0. The molecule has 1 aromatic heterocycles. The Morgan fingerprint density at radius 2 is 1.33 bits per heavy atom. The van der Waals surface area contributed by atoms with Crippen LogP contribution in [0.15, 0.2) is 73.1 Å². The Morgan fingerprint density at radius 1 is 0.852 bits per heavy atom. The average Bonchev–Trinajstić information content (AvgIpc) is 2.68. The lowest BCUT2D eigenvalue weighted by Crippen LogP contribution is -2.15. The quantitative estimate of drug-likeness (QED) is 0.563. The lowest BCUT2D eigenvalue weighted by atomic mass is 9.97. The predicted octanol–water partition coefficient (Wildman–Crippen LogP) is 5.19. The van der Waals surface area contributed by atoms with Gasteiger partial charge in [0, 0.05) is 18.0 Å². The van der Waals surface area contributed by atoms with Gasteiger partial charge in [0.05, 0.1) is 6.42 Å². The first kappa shape index (κ1) is 18.7. The molecule has 5 heteroatoms. The van der Waals surface area contributed by atoms with E-state index in [4.69, 9.17) is 4.74 Å². The highest BCUT2D eigenvalue weighted by Crippen LogP contribution is 2.28. The van der Waals surface area contributed by atoms with Crippen molar-refractivity contribution < 1.29 is 18.3 Å². The third-order valence-electron chi connectivity index (χ3n) is 4.34. The fraction of sp³-hybridized carbons (Fsp3) is 0.182. The van der Waals surface area contributed by atoms with E-state index < -0.39 is 12.1 Å². The lowest BCUT2D eigenvalue weighted by Gasteiger charge is -2.20. The Kier molecular flexibility index (Phi) is 5.91. The predicted molar refractivity (Wildman–Crippen MR) is 98.0 cm³/mol. The number of nitrogens with zero attached hydrogens (tertiary/aromatic N) is 1. The summed E-state index contributed by atoms with van der Waals surface area (Å²) in [7, 11) is 0. The van der Waals surface area contributed by atoms with Gasteiger partial charge in [0.2, 0.25) is 0 Å². The molecular formula is C22H19F2NO2. The van der Waals surface area contributed by atoms with Crippen molar-refractivity contribution in [2.24, 2.45) is 0 Å². The number of hydrogen-bond donors (Lipinski definition) is 0. The molecule has 0 aliphatic carbocycles. The maximum Gasteiger partial charge on any atom is 0.307 e. The highest BCUT2D eigenvalue weighted by Gasteiger charge is 2.21. The van der Waals surface area contributed by atoms with E-state index in [1.54, 1.807) is 48.8 Å². The van der Waals surface area contributed by atoms with Gasteiger partial charge in [0.25, 0.3) is 0 Å². The van der Waals surface area contributed by atoms with Crippen LogP contribution < -0.4 is 0 Å². The number of hydrogen-bond acceptors (Lipinski definition) is 3. The van der Waals surface area contributed by atoms with Crippen LogP contribution in [-0.4, -0.2) is 11.0 Å². The molecule has 3 rings (SSSR count). The first-order chi connectivity index (χ1) is 13.0. The molecule has 3 nitrogen and oxygen atoms in total. The van der Waals surface area contributed by atoms with Crippen molar-refractivity contribution >= 4 is 5.97 Å². The first-order valence-electron chi connectivity index (χ1n) is 8.63. The van der Waals surface area contributed by atoms with E-state index in [1.807, 2.05) is 6.92 Å².